The molecule has 3 rings (SSSR count). The molecule has 160 valence electrons. The van der Waals surface area contributed by atoms with E-state index in [0.29, 0.717) is 25.3 Å². The molecule has 29 heavy (non-hydrogen) atoms. The zero-order valence-electron chi connectivity index (χ0n) is 18.0. The van der Waals surface area contributed by atoms with Gasteiger partial charge in [0.05, 0.1) is 12.1 Å². The van der Waals surface area contributed by atoms with Crippen LogP contribution >= 0.6 is 0 Å². The van der Waals surface area contributed by atoms with Crippen LogP contribution in [0.4, 0.5) is 4.79 Å². The van der Waals surface area contributed by atoms with E-state index in [0.717, 1.165) is 43.5 Å². The Balaban J connectivity index is 1.69. The lowest BCUT2D eigenvalue weighted by atomic mass is 9.84. The molecule has 2 aliphatic heterocycles. The zero-order valence-corrected chi connectivity index (χ0v) is 18.0. The number of likely N-dealkylation sites (tertiary alicyclic amines) is 2. The first-order valence-corrected chi connectivity index (χ1v) is 10.5. The number of aliphatic carboxylic acids is 1. The van der Waals surface area contributed by atoms with Crippen molar-refractivity contribution in [3.8, 4) is 0 Å². The van der Waals surface area contributed by atoms with E-state index in [1.807, 2.05) is 44.7 Å². The molecular formula is C22H33N3O4. The maximum absolute atomic E-state index is 12.4. The zero-order chi connectivity index (χ0) is 21.2. The summed E-state index contributed by atoms with van der Waals surface area (Å²) >= 11 is 0. The Morgan fingerprint density at radius 1 is 1.17 bits per heavy atom. The second kappa shape index (κ2) is 8.30. The van der Waals surface area contributed by atoms with Gasteiger partial charge in [-0.1, -0.05) is 6.07 Å². The van der Waals surface area contributed by atoms with Gasteiger partial charge in [0.25, 0.3) is 0 Å². The van der Waals surface area contributed by atoms with Gasteiger partial charge in [-0.15, -0.1) is 0 Å². The molecule has 1 N–H and O–H groups in total. The molecule has 0 bridgehead atoms. The number of pyridine rings is 1. The van der Waals surface area contributed by atoms with Crippen molar-refractivity contribution in [3.63, 3.8) is 0 Å². The molecule has 2 fully saturated rings. The topological polar surface area (TPSA) is 83.0 Å². The molecule has 0 atom stereocenters. The predicted molar refractivity (Wildman–Crippen MR) is 110 cm³/mol. The molecule has 1 aromatic heterocycles. The first-order valence-electron chi connectivity index (χ1n) is 10.5. The van der Waals surface area contributed by atoms with E-state index >= 15 is 0 Å². The van der Waals surface area contributed by atoms with Crippen molar-refractivity contribution >= 4 is 12.1 Å². The summed E-state index contributed by atoms with van der Waals surface area (Å²) in [5, 5.41) is 9.24. The highest BCUT2D eigenvalue weighted by atomic mass is 16.6. The summed E-state index contributed by atoms with van der Waals surface area (Å²) in [6.45, 7) is 10.6. The molecule has 0 aliphatic carbocycles. The third-order valence-corrected chi connectivity index (χ3v) is 5.97. The Labute approximate surface area is 173 Å². The number of hydrogen-bond acceptors (Lipinski definition) is 5. The van der Waals surface area contributed by atoms with Crippen molar-refractivity contribution < 1.29 is 19.4 Å². The second-order valence-electron chi connectivity index (χ2n) is 9.35. The van der Waals surface area contributed by atoms with Gasteiger partial charge in [-0.2, -0.15) is 0 Å². The number of piperidine rings is 1. The highest BCUT2D eigenvalue weighted by molar-refractivity contribution is 5.70. The van der Waals surface area contributed by atoms with E-state index in [9.17, 15) is 14.7 Å². The number of carbonyl (C=O) groups is 2. The van der Waals surface area contributed by atoms with Crippen LogP contribution in [-0.2, 0) is 22.5 Å². The van der Waals surface area contributed by atoms with Gasteiger partial charge in [-0.25, -0.2) is 4.79 Å². The van der Waals surface area contributed by atoms with Crippen LogP contribution in [0.2, 0.25) is 0 Å². The van der Waals surface area contributed by atoms with Crippen LogP contribution in [-0.4, -0.2) is 62.7 Å². The van der Waals surface area contributed by atoms with Crippen LogP contribution in [0.3, 0.4) is 0 Å². The molecule has 1 amide bonds. The number of carboxylic acid groups (broad SMARTS) is 1. The highest BCUT2D eigenvalue weighted by Gasteiger charge is 2.44. The fourth-order valence-corrected chi connectivity index (χ4v) is 4.52. The standard InChI is InChI=1S/C22H33N3O4/c1-16-6-7-17(18(23-16)14-19(26)27)15-25-11-5-8-22(25)9-12-24(13-10-22)20(28)29-21(2,3)4/h6-7H,5,8-15H2,1-4H3,(H,26,27). The van der Waals surface area contributed by atoms with Gasteiger partial charge < -0.3 is 14.7 Å². The Bertz CT molecular complexity index is 764. The van der Waals surface area contributed by atoms with Gasteiger partial charge in [-0.3, -0.25) is 14.7 Å². The van der Waals surface area contributed by atoms with Crippen LogP contribution in [0.25, 0.3) is 0 Å². The third kappa shape index (κ3) is 5.26. The SMILES string of the molecule is Cc1ccc(CN2CCCC23CCN(C(=O)OC(C)(C)C)CC3)c(CC(=O)O)n1. The molecule has 0 saturated carbocycles. The summed E-state index contributed by atoms with van der Waals surface area (Å²) in [5.41, 5.74) is 2.08. The predicted octanol–water partition coefficient (Wildman–Crippen LogP) is 3.38. The molecular weight excluding hydrogens is 370 g/mol. The Morgan fingerprint density at radius 2 is 1.86 bits per heavy atom. The average Bonchev–Trinajstić information content (AvgIpc) is 2.98. The van der Waals surface area contributed by atoms with Crippen molar-refractivity contribution in [1.82, 2.24) is 14.8 Å². The first-order chi connectivity index (χ1) is 13.6. The molecule has 7 nitrogen and oxygen atoms in total. The van der Waals surface area contributed by atoms with Crippen LogP contribution in [0.15, 0.2) is 12.1 Å². The number of hydrogen-bond donors (Lipinski definition) is 1. The van der Waals surface area contributed by atoms with E-state index in [-0.39, 0.29) is 18.1 Å². The summed E-state index contributed by atoms with van der Waals surface area (Å²) in [7, 11) is 0. The van der Waals surface area contributed by atoms with E-state index in [1.54, 1.807) is 0 Å². The van der Waals surface area contributed by atoms with Crippen LogP contribution < -0.4 is 0 Å². The molecule has 1 aromatic rings. The van der Waals surface area contributed by atoms with Crippen LogP contribution in [0.5, 0.6) is 0 Å². The summed E-state index contributed by atoms with van der Waals surface area (Å²) in [6.07, 6.45) is 3.79. The van der Waals surface area contributed by atoms with Gasteiger partial charge in [0.2, 0.25) is 0 Å². The molecule has 0 radical (unpaired) electrons. The number of aromatic nitrogens is 1. The normalized spacial score (nSPS) is 19.5. The lowest BCUT2D eigenvalue weighted by Gasteiger charge is -2.45. The summed E-state index contributed by atoms with van der Waals surface area (Å²) in [4.78, 5) is 32.4. The van der Waals surface area contributed by atoms with Crippen molar-refractivity contribution in [1.29, 1.82) is 0 Å². The van der Waals surface area contributed by atoms with Gasteiger partial charge >= 0.3 is 12.1 Å². The number of amides is 1. The van der Waals surface area contributed by atoms with E-state index in [1.165, 1.54) is 0 Å². The minimum Gasteiger partial charge on any atom is -0.481 e. The number of nitrogens with zero attached hydrogens (tertiary/aromatic N) is 3. The van der Waals surface area contributed by atoms with Crippen LogP contribution in [0, 0.1) is 6.92 Å². The van der Waals surface area contributed by atoms with Gasteiger partial charge in [0.1, 0.15) is 5.60 Å². The smallest absolute Gasteiger partial charge is 0.410 e. The average molecular weight is 404 g/mol. The van der Waals surface area contributed by atoms with E-state index in [4.69, 9.17) is 4.74 Å². The molecule has 0 unspecified atom stereocenters. The van der Waals surface area contributed by atoms with Gasteiger partial charge in [0, 0.05) is 30.9 Å². The Kier molecular flexibility index (Phi) is 6.17. The number of rotatable bonds is 4. The van der Waals surface area contributed by atoms with E-state index < -0.39 is 11.6 Å². The minimum atomic E-state index is -0.855. The highest BCUT2D eigenvalue weighted by Crippen LogP contribution is 2.39. The maximum atomic E-state index is 12.4. The van der Waals surface area contributed by atoms with E-state index in [2.05, 4.69) is 9.88 Å². The molecule has 7 heteroatoms. The molecule has 2 aliphatic rings. The largest absolute Gasteiger partial charge is 0.481 e. The number of aryl methyl sites for hydroxylation is 1. The Morgan fingerprint density at radius 3 is 2.48 bits per heavy atom. The van der Waals surface area contributed by atoms with Crippen molar-refractivity contribution in [2.24, 2.45) is 0 Å². The summed E-state index contributed by atoms with van der Waals surface area (Å²) < 4.78 is 5.52. The Hall–Kier alpha value is -2.15. The van der Waals surface area contributed by atoms with Crippen molar-refractivity contribution in [3.05, 3.63) is 29.1 Å². The monoisotopic (exact) mass is 403 g/mol. The summed E-state index contributed by atoms with van der Waals surface area (Å²) in [5.74, 6) is -0.855. The molecule has 3 heterocycles. The lowest BCUT2D eigenvalue weighted by molar-refractivity contribution is -0.136. The minimum absolute atomic E-state index is 0.0513. The first kappa shape index (κ1) is 21.6. The number of ether oxygens (including phenoxy) is 1. The van der Waals surface area contributed by atoms with Crippen molar-refractivity contribution in [2.75, 3.05) is 19.6 Å². The molecule has 2 saturated heterocycles. The summed E-state index contributed by atoms with van der Waals surface area (Å²) in [6, 6.07) is 3.97. The third-order valence-electron chi connectivity index (χ3n) is 5.97. The fraction of sp³-hybridized carbons (Fsp3) is 0.682. The fourth-order valence-electron chi connectivity index (χ4n) is 4.52. The lowest BCUT2D eigenvalue weighted by Crippen LogP contribution is -2.53. The maximum Gasteiger partial charge on any atom is 0.410 e. The molecule has 0 aromatic carbocycles. The van der Waals surface area contributed by atoms with Crippen molar-refractivity contribution in [2.45, 2.75) is 77.5 Å². The number of carboxylic acids is 1. The quantitative estimate of drug-likeness (QED) is 0.830. The van der Waals surface area contributed by atoms with Crippen LogP contribution in [0.1, 0.15) is 63.4 Å². The van der Waals surface area contributed by atoms with Gasteiger partial charge in [0.15, 0.2) is 0 Å². The number of carbonyl (C=O) groups excluding carboxylic acids is 1. The molecule has 1 spiro atoms. The van der Waals surface area contributed by atoms with Gasteiger partial charge in [-0.05, 0) is 71.6 Å². The second-order valence-corrected chi connectivity index (χ2v) is 9.35.